The first-order chi connectivity index (χ1) is 9.58. The van der Waals surface area contributed by atoms with E-state index in [0.29, 0.717) is 38.5 Å². The second kappa shape index (κ2) is 6.95. The van der Waals surface area contributed by atoms with Gasteiger partial charge in [-0.1, -0.05) is 13.8 Å². The molecule has 2 rings (SSSR count). The second-order valence-electron chi connectivity index (χ2n) is 6.30. The standard InChI is InChI=1S/C15H27N3O2/c1-13(2)12-14(19)16-8-10-18(11-9-16)15(20)17-6-4-3-5-7-17/h13H,3-12H2,1-2H3. The molecule has 20 heavy (non-hydrogen) atoms. The zero-order valence-corrected chi connectivity index (χ0v) is 12.8. The average molecular weight is 281 g/mol. The van der Waals surface area contributed by atoms with E-state index in [2.05, 4.69) is 13.8 Å². The zero-order valence-electron chi connectivity index (χ0n) is 12.8. The van der Waals surface area contributed by atoms with E-state index in [4.69, 9.17) is 0 Å². The minimum atomic E-state index is 0.167. The fraction of sp³-hybridized carbons (Fsp3) is 0.867. The molecule has 0 atom stereocenters. The van der Waals surface area contributed by atoms with Gasteiger partial charge < -0.3 is 14.7 Å². The number of amides is 3. The molecule has 0 unspecified atom stereocenters. The van der Waals surface area contributed by atoms with Crippen LogP contribution in [0, 0.1) is 5.92 Å². The lowest BCUT2D eigenvalue weighted by molar-refractivity contribution is -0.133. The molecule has 0 aliphatic carbocycles. The highest BCUT2D eigenvalue weighted by molar-refractivity contribution is 5.78. The van der Waals surface area contributed by atoms with Crippen LogP contribution in [0.3, 0.4) is 0 Å². The number of carbonyl (C=O) groups is 2. The van der Waals surface area contributed by atoms with Crippen LogP contribution in [-0.2, 0) is 4.79 Å². The summed E-state index contributed by atoms with van der Waals surface area (Å²) in [5, 5.41) is 0. The quantitative estimate of drug-likeness (QED) is 0.774. The van der Waals surface area contributed by atoms with Gasteiger partial charge in [-0.15, -0.1) is 0 Å². The van der Waals surface area contributed by atoms with Crippen LogP contribution in [0.5, 0.6) is 0 Å². The summed E-state index contributed by atoms with van der Waals surface area (Å²) in [6, 6.07) is 0.167. The Morgan fingerprint density at radius 1 is 0.800 bits per heavy atom. The molecule has 0 aromatic heterocycles. The minimum absolute atomic E-state index is 0.167. The van der Waals surface area contributed by atoms with Crippen LogP contribution in [0.2, 0.25) is 0 Å². The van der Waals surface area contributed by atoms with Crippen molar-refractivity contribution in [3.8, 4) is 0 Å². The maximum absolute atomic E-state index is 12.4. The van der Waals surface area contributed by atoms with E-state index in [1.54, 1.807) is 0 Å². The maximum atomic E-state index is 12.4. The third-order valence-corrected chi connectivity index (χ3v) is 4.11. The largest absolute Gasteiger partial charge is 0.339 e. The molecule has 0 aromatic carbocycles. The summed E-state index contributed by atoms with van der Waals surface area (Å²) in [7, 11) is 0. The van der Waals surface area contributed by atoms with E-state index < -0.39 is 0 Å². The van der Waals surface area contributed by atoms with Crippen LogP contribution in [-0.4, -0.2) is 65.9 Å². The molecule has 2 aliphatic heterocycles. The molecule has 0 radical (unpaired) electrons. The van der Waals surface area contributed by atoms with Crippen molar-refractivity contribution >= 4 is 11.9 Å². The van der Waals surface area contributed by atoms with Gasteiger partial charge in [-0.2, -0.15) is 0 Å². The highest BCUT2D eigenvalue weighted by atomic mass is 16.2. The third kappa shape index (κ3) is 3.87. The number of hydrogen-bond donors (Lipinski definition) is 0. The Morgan fingerprint density at radius 3 is 1.85 bits per heavy atom. The number of hydrogen-bond acceptors (Lipinski definition) is 2. The minimum Gasteiger partial charge on any atom is -0.339 e. The van der Waals surface area contributed by atoms with Gasteiger partial charge in [0.1, 0.15) is 0 Å². The Kier molecular flexibility index (Phi) is 5.26. The smallest absolute Gasteiger partial charge is 0.320 e. The van der Waals surface area contributed by atoms with E-state index in [1.807, 2.05) is 14.7 Å². The SMILES string of the molecule is CC(C)CC(=O)N1CCN(C(=O)N2CCCCC2)CC1. The second-order valence-corrected chi connectivity index (χ2v) is 6.30. The molecule has 0 saturated carbocycles. The lowest BCUT2D eigenvalue weighted by Crippen LogP contribution is -2.54. The molecule has 5 nitrogen and oxygen atoms in total. The number of carbonyl (C=O) groups excluding carboxylic acids is 2. The van der Waals surface area contributed by atoms with Crippen molar-refractivity contribution in [1.29, 1.82) is 0 Å². The first-order valence-corrected chi connectivity index (χ1v) is 7.89. The van der Waals surface area contributed by atoms with Gasteiger partial charge in [-0.25, -0.2) is 4.79 Å². The monoisotopic (exact) mass is 281 g/mol. The zero-order chi connectivity index (χ0) is 14.5. The molecular weight excluding hydrogens is 254 g/mol. The van der Waals surface area contributed by atoms with E-state index >= 15 is 0 Å². The molecule has 0 spiro atoms. The number of piperazine rings is 1. The van der Waals surface area contributed by atoms with Crippen LogP contribution in [0.4, 0.5) is 4.79 Å². The molecular formula is C15H27N3O2. The van der Waals surface area contributed by atoms with Gasteiger partial charge in [-0.3, -0.25) is 4.79 Å². The lowest BCUT2D eigenvalue weighted by Gasteiger charge is -2.38. The van der Waals surface area contributed by atoms with Crippen molar-refractivity contribution < 1.29 is 9.59 Å². The third-order valence-electron chi connectivity index (χ3n) is 4.11. The summed E-state index contributed by atoms with van der Waals surface area (Å²) in [5.41, 5.74) is 0. The summed E-state index contributed by atoms with van der Waals surface area (Å²) in [4.78, 5) is 30.1. The highest BCUT2D eigenvalue weighted by Gasteiger charge is 2.27. The van der Waals surface area contributed by atoms with Crippen molar-refractivity contribution in [2.75, 3.05) is 39.3 Å². The van der Waals surface area contributed by atoms with Gasteiger partial charge in [0.05, 0.1) is 0 Å². The Hall–Kier alpha value is -1.26. The maximum Gasteiger partial charge on any atom is 0.320 e. The summed E-state index contributed by atoms with van der Waals surface area (Å²) < 4.78 is 0. The summed E-state index contributed by atoms with van der Waals surface area (Å²) in [6.45, 7) is 8.65. The molecule has 0 aromatic rings. The van der Waals surface area contributed by atoms with E-state index in [0.717, 1.165) is 25.9 Å². The first kappa shape index (κ1) is 15.1. The van der Waals surface area contributed by atoms with Crippen LogP contribution in [0.1, 0.15) is 39.5 Å². The summed E-state index contributed by atoms with van der Waals surface area (Å²) in [5.74, 6) is 0.626. The summed E-state index contributed by atoms with van der Waals surface area (Å²) in [6.07, 6.45) is 4.10. The Morgan fingerprint density at radius 2 is 1.30 bits per heavy atom. The number of nitrogens with zero attached hydrogens (tertiary/aromatic N) is 3. The number of urea groups is 1. The fourth-order valence-electron chi connectivity index (χ4n) is 2.91. The molecule has 2 fully saturated rings. The lowest BCUT2D eigenvalue weighted by atomic mass is 10.1. The molecule has 0 N–H and O–H groups in total. The van der Waals surface area contributed by atoms with Crippen molar-refractivity contribution in [2.45, 2.75) is 39.5 Å². The molecule has 5 heteroatoms. The van der Waals surface area contributed by atoms with Crippen molar-refractivity contribution in [2.24, 2.45) is 5.92 Å². The van der Waals surface area contributed by atoms with Crippen LogP contribution in [0.25, 0.3) is 0 Å². The van der Waals surface area contributed by atoms with Crippen LogP contribution >= 0.6 is 0 Å². The molecule has 2 aliphatic rings. The van der Waals surface area contributed by atoms with Crippen LogP contribution in [0.15, 0.2) is 0 Å². The molecule has 3 amide bonds. The van der Waals surface area contributed by atoms with Gasteiger partial charge in [0, 0.05) is 45.7 Å². The average Bonchev–Trinajstić information content (AvgIpc) is 2.47. The van der Waals surface area contributed by atoms with Gasteiger partial charge in [-0.05, 0) is 25.2 Å². The topological polar surface area (TPSA) is 43.9 Å². The van der Waals surface area contributed by atoms with E-state index in [9.17, 15) is 9.59 Å². The van der Waals surface area contributed by atoms with Gasteiger partial charge >= 0.3 is 6.03 Å². The Balaban J connectivity index is 1.78. The van der Waals surface area contributed by atoms with Gasteiger partial charge in [0.15, 0.2) is 0 Å². The Labute approximate surface area is 121 Å². The highest BCUT2D eigenvalue weighted by Crippen LogP contribution is 2.14. The Bertz CT molecular complexity index is 343. The normalized spacial score (nSPS) is 20.4. The van der Waals surface area contributed by atoms with Gasteiger partial charge in [0.25, 0.3) is 0 Å². The number of piperidine rings is 1. The molecule has 2 heterocycles. The molecule has 0 bridgehead atoms. The molecule has 2 saturated heterocycles. The number of rotatable bonds is 2. The summed E-state index contributed by atoms with van der Waals surface area (Å²) >= 11 is 0. The molecule has 114 valence electrons. The van der Waals surface area contributed by atoms with Crippen molar-refractivity contribution in [1.82, 2.24) is 14.7 Å². The van der Waals surface area contributed by atoms with Crippen molar-refractivity contribution in [3.05, 3.63) is 0 Å². The predicted octanol–water partition coefficient (Wildman–Crippen LogP) is 1.78. The van der Waals surface area contributed by atoms with Crippen LogP contribution < -0.4 is 0 Å². The fourth-order valence-corrected chi connectivity index (χ4v) is 2.91. The number of likely N-dealkylation sites (tertiary alicyclic amines) is 1. The van der Waals surface area contributed by atoms with Gasteiger partial charge in [0.2, 0.25) is 5.91 Å². The van der Waals surface area contributed by atoms with E-state index in [-0.39, 0.29) is 11.9 Å². The first-order valence-electron chi connectivity index (χ1n) is 7.89. The van der Waals surface area contributed by atoms with Crippen molar-refractivity contribution in [3.63, 3.8) is 0 Å². The predicted molar refractivity (Wildman–Crippen MR) is 78.4 cm³/mol. The van der Waals surface area contributed by atoms with E-state index in [1.165, 1.54) is 6.42 Å².